The molecule has 0 aliphatic heterocycles. The Bertz CT molecular complexity index is 857. The largest absolute Gasteiger partial charge is 0.411 e. The second kappa shape index (κ2) is 10.1. The Morgan fingerprint density at radius 1 is 1.04 bits per heavy atom. The van der Waals surface area contributed by atoms with Crippen LogP contribution < -0.4 is 5.32 Å². The Morgan fingerprint density at radius 2 is 1.81 bits per heavy atom. The lowest BCUT2D eigenvalue weighted by Crippen LogP contribution is -2.26. The van der Waals surface area contributed by atoms with E-state index >= 15 is 0 Å². The summed E-state index contributed by atoms with van der Waals surface area (Å²) in [6.07, 6.45) is 0.894. The Balaban J connectivity index is 1.34. The number of nitrogens with zero attached hydrogens (tertiary/aromatic N) is 2. The van der Waals surface area contributed by atoms with Crippen LogP contribution in [-0.2, 0) is 4.79 Å². The maximum absolute atomic E-state index is 12.9. The minimum absolute atomic E-state index is 0.0776. The molecule has 1 amide bonds. The zero-order valence-corrected chi connectivity index (χ0v) is 16.1. The third-order valence-electron chi connectivity index (χ3n) is 3.48. The van der Waals surface area contributed by atoms with Crippen molar-refractivity contribution in [1.29, 1.82) is 0 Å². The van der Waals surface area contributed by atoms with E-state index in [4.69, 9.17) is 4.42 Å². The molecular formula is C19H18FN3O2S2. The third kappa shape index (κ3) is 6.41. The van der Waals surface area contributed by atoms with Crippen LogP contribution in [0.4, 0.5) is 4.39 Å². The number of carbonyl (C=O) groups excluding carboxylic acids is 1. The van der Waals surface area contributed by atoms with Crippen molar-refractivity contribution < 1.29 is 13.6 Å². The van der Waals surface area contributed by atoms with Crippen LogP contribution in [0, 0.1) is 5.82 Å². The lowest BCUT2D eigenvalue weighted by Gasteiger charge is -2.04. The van der Waals surface area contributed by atoms with Crippen molar-refractivity contribution in [2.45, 2.75) is 16.5 Å². The van der Waals surface area contributed by atoms with Crippen LogP contribution in [0.25, 0.3) is 11.5 Å². The van der Waals surface area contributed by atoms with Crippen molar-refractivity contribution in [3.05, 3.63) is 60.4 Å². The molecule has 2 aromatic carbocycles. The summed E-state index contributed by atoms with van der Waals surface area (Å²) < 4.78 is 18.4. The minimum Gasteiger partial charge on any atom is -0.411 e. The summed E-state index contributed by atoms with van der Waals surface area (Å²) in [5.41, 5.74) is 0.635. The number of halogens is 1. The normalized spacial score (nSPS) is 10.7. The molecule has 0 atom stereocenters. The molecule has 1 heterocycles. The number of thioether (sulfide) groups is 2. The highest BCUT2D eigenvalue weighted by Gasteiger charge is 2.11. The molecule has 0 spiro atoms. The standard InChI is InChI=1S/C19H18FN3O2S2/c20-15-9-7-14(8-10-15)18-22-23-19(25-18)27-13-17(24)21-11-4-12-26-16-5-2-1-3-6-16/h1-3,5-10H,4,11-13H2,(H,21,24). The first-order chi connectivity index (χ1) is 13.2. The van der Waals surface area contributed by atoms with Gasteiger partial charge in [0.25, 0.3) is 5.22 Å². The molecule has 0 bridgehead atoms. The van der Waals surface area contributed by atoms with Gasteiger partial charge in [0.05, 0.1) is 5.75 Å². The van der Waals surface area contributed by atoms with E-state index in [2.05, 4.69) is 27.6 Å². The SMILES string of the molecule is O=C(CSc1nnc(-c2ccc(F)cc2)o1)NCCCSc1ccccc1. The summed E-state index contributed by atoms with van der Waals surface area (Å²) in [7, 11) is 0. The molecule has 8 heteroatoms. The summed E-state index contributed by atoms with van der Waals surface area (Å²) in [5, 5.41) is 11.0. The molecule has 27 heavy (non-hydrogen) atoms. The van der Waals surface area contributed by atoms with Crippen LogP contribution in [-0.4, -0.2) is 34.2 Å². The van der Waals surface area contributed by atoms with Crippen LogP contribution in [0.3, 0.4) is 0 Å². The lowest BCUT2D eigenvalue weighted by molar-refractivity contribution is -0.118. The Morgan fingerprint density at radius 3 is 2.59 bits per heavy atom. The molecule has 0 saturated carbocycles. The summed E-state index contributed by atoms with van der Waals surface area (Å²) in [5.74, 6) is 1.05. The molecule has 3 aromatic rings. The predicted octanol–water partition coefficient (Wildman–Crippen LogP) is 4.27. The molecular weight excluding hydrogens is 385 g/mol. The van der Waals surface area contributed by atoms with E-state index in [0.717, 1.165) is 12.2 Å². The zero-order chi connectivity index (χ0) is 18.9. The van der Waals surface area contributed by atoms with E-state index in [1.807, 2.05) is 18.2 Å². The summed E-state index contributed by atoms with van der Waals surface area (Å²) in [6, 6.07) is 16.0. The Hall–Kier alpha value is -2.32. The molecule has 0 radical (unpaired) electrons. The van der Waals surface area contributed by atoms with Crippen molar-refractivity contribution in [3.8, 4) is 11.5 Å². The number of amides is 1. The molecule has 0 saturated heterocycles. The van der Waals surface area contributed by atoms with Gasteiger partial charge in [0, 0.05) is 17.0 Å². The molecule has 0 aliphatic carbocycles. The number of hydrogen-bond donors (Lipinski definition) is 1. The van der Waals surface area contributed by atoms with Gasteiger partial charge in [0.1, 0.15) is 5.82 Å². The molecule has 1 aromatic heterocycles. The molecule has 0 fully saturated rings. The van der Waals surface area contributed by atoms with Crippen LogP contribution in [0.2, 0.25) is 0 Å². The highest BCUT2D eigenvalue weighted by molar-refractivity contribution is 7.99. The molecule has 140 valence electrons. The lowest BCUT2D eigenvalue weighted by atomic mass is 10.2. The van der Waals surface area contributed by atoms with Gasteiger partial charge in [0.15, 0.2) is 0 Å². The summed E-state index contributed by atoms with van der Waals surface area (Å²) in [4.78, 5) is 13.1. The van der Waals surface area contributed by atoms with Crippen molar-refractivity contribution in [3.63, 3.8) is 0 Å². The maximum Gasteiger partial charge on any atom is 0.277 e. The van der Waals surface area contributed by atoms with Gasteiger partial charge in [-0.15, -0.1) is 22.0 Å². The summed E-state index contributed by atoms with van der Waals surface area (Å²) >= 11 is 2.95. The first-order valence-corrected chi connectivity index (χ1v) is 10.3. The monoisotopic (exact) mass is 403 g/mol. The van der Waals surface area contributed by atoms with E-state index in [0.29, 0.717) is 23.2 Å². The van der Waals surface area contributed by atoms with Gasteiger partial charge in [-0.2, -0.15) is 0 Å². The predicted molar refractivity (Wildman–Crippen MR) is 105 cm³/mol. The highest BCUT2D eigenvalue weighted by atomic mass is 32.2. The number of hydrogen-bond acceptors (Lipinski definition) is 6. The number of carbonyl (C=O) groups is 1. The molecule has 0 aliphatic rings. The van der Waals surface area contributed by atoms with Gasteiger partial charge in [-0.1, -0.05) is 30.0 Å². The van der Waals surface area contributed by atoms with Gasteiger partial charge >= 0.3 is 0 Å². The molecule has 3 rings (SSSR count). The average molecular weight is 404 g/mol. The van der Waals surface area contributed by atoms with Gasteiger partial charge in [-0.05, 0) is 48.6 Å². The first-order valence-electron chi connectivity index (χ1n) is 8.37. The van der Waals surface area contributed by atoms with Crippen LogP contribution >= 0.6 is 23.5 Å². The van der Waals surface area contributed by atoms with Gasteiger partial charge in [0.2, 0.25) is 11.8 Å². The van der Waals surface area contributed by atoms with E-state index in [-0.39, 0.29) is 17.5 Å². The first kappa shape index (κ1) is 19.4. The van der Waals surface area contributed by atoms with Crippen LogP contribution in [0.1, 0.15) is 6.42 Å². The topological polar surface area (TPSA) is 68.0 Å². The fraction of sp³-hybridized carbons (Fsp3) is 0.211. The van der Waals surface area contributed by atoms with Crippen molar-refractivity contribution in [2.75, 3.05) is 18.1 Å². The third-order valence-corrected chi connectivity index (χ3v) is 5.40. The Labute approximate surface area is 165 Å². The number of rotatable bonds is 9. The maximum atomic E-state index is 12.9. The van der Waals surface area contributed by atoms with Gasteiger partial charge in [-0.25, -0.2) is 4.39 Å². The average Bonchev–Trinajstić information content (AvgIpc) is 3.16. The van der Waals surface area contributed by atoms with Gasteiger partial charge in [-0.3, -0.25) is 4.79 Å². The molecule has 5 nitrogen and oxygen atoms in total. The number of benzene rings is 2. The second-order valence-corrected chi connectivity index (χ2v) is 7.63. The second-order valence-electron chi connectivity index (χ2n) is 5.53. The quantitative estimate of drug-likeness (QED) is 0.425. The van der Waals surface area contributed by atoms with Crippen LogP contribution in [0.5, 0.6) is 0 Å². The molecule has 0 unspecified atom stereocenters. The van der Waals surface area contributed by atoms with E-state index < -0.39 is 0 Å². The summed E-state index contributed by atoms with van der Waals surface area (Å²) in [6.45, 7) is 0.629. The van der Waals surface area contributed by atoms with E-state index in [1.54, 1.807) is 23.9 Å². The van der Waals surface area contributed by atoms with E-state index in [9.17, 15) is 9.18 Å². The molecule has 1 N–H and O–H groups in total. The van der Waals surface area contributed by atoms with Crippen LogP contribution in [0.15, 0.2) is 69.1 Å². The minimum atomic E-state index is -0.327. The zero-order valence-electron chi connectivity index (χ0n) is 14.4. The van der Waals surface area contributed by atoms with Crippen molar-refractivity contribution in [1.82, 2.24) is 15.5 Å². The van der Waals surface area contributed by atoms with Crippen molar-refractivity contribution in [2.24, 2.45) is 0 Å². The fourth-order valence-electron chi connectivity index (χ4n) is 2.16. The smallest absolute Gasteiger partial charge is 0.277 e. The Kier molecular flexibility index (Phi) is 7.29. The highest BCUT2D eigenvalue weighted by Crippen LogP contribution is 2.23. The number of nitrogens with one attached hydrogen (secondary N) is 1. The van der Waals surface area contributed by atoms with Gasteiger partial charge < -0.3 is 9.73 Å². The van der Waals surface area contributed by atoms with E-state index in [1.165, 1.54) is 28.8 Å². The number of aromatic nitrogens is 2. The van der Waals surface area contributed by atoms with Crippen molar-refractivity contribution >= 4 is 29.4 Å². The fourth-order valence-corrected chi connectivity index (χ4v) is 3.63.